The molecule has 0 amide bonds. The SMILES string of the molecule is CC(O)C(C)(C)C=CC=O. The molecule has 0 saturated heterocycles. The van der Waals surface area contributed by atoms with Gasteiger partial charge >= 0.3 is 0 Å². The first-order chi connectivity index (χ1) is 4.50. The zero-order chi connectivity index (χ0) is 8.20. The van der Waals surface area contributed by atoms with Crippen LogP contribution in [0.3, 0.4) is 0 Å². The number of aliphatic hydroxyl groups is 1. The van der Waals surface area contributed by atoms with Crippen LogP contribution in [0, 0.1) is 5.41 Å². The summed E-state index contributed by atoms with van der Waals surface area (Å²) in [5.74, 6) is 0. The molecule has 0 fully saturated rings. The summed E-state index contributed by atoms with van der Waals surface area (Å²) in [6.45, 7) is 5.45. The molecule has 1 N–H and O–H groups in total. The summed E-state index contributed by atoms with van der Waals surface area (Å²) in [5, 5.41) is 9.14. The Hall–Kier alpha value is -0.630. The average molecular weight is 142 g/mol. The van der Waals surface area contributed by atoms with Crippen molar-refractivity contribution in [3.05, 3.63) is 12.2 Å². The summed E-state index contributed by atoms with van der Waals surface area (Å²) < 4.78 is 0. The van der Waals surface area contributed by atoms with Crippen LogP contribution in [-0.2, 0) is 4.79 Å². The highest BCUT2D eigenvalue weighted by atomic mass is 16.3. The second-order valence-corrected chi connectivity index (χ2v) is 2.99. The van der Waals surface area contributed by atoms with Crippen molar-refractivity contribution < 1.29 is 9.90 Å². The molecule has 0 aliphatic carbocycles. The molecule has 0 spiro atoms. The zero-order valence-corrected chi connectivity index (χ0v) is 6.66. The van der Waals surface area contributed by atoms with Gasteiger partial charge in [0.2, 0.25) is 0 Å². The van der Waals surface area contributed by atoms with Gasteiger partial charge in [0.15, 0.2) is 0 Å². The largest absolute Gasteiger partial charge is 0.393 e. The van der Waals surface area contributed by atoms with Crippen molar-refractivity contribution in [1.82, 2.24) is 0 Å². The number of hydrogen-bond acceptors (Lipinski definition) is 2. The maximum atomic E-state index is 9.91. The Kier molecular flexibility index (Phi) is 3.30. The Balaban J connectivity index is 4.11. The number of allylic oxidation sites excluding steroid dienone is 1. The van der Waals surface area contributed by atoms with E-state index in [0.717, 1.165) is 0 Å². The lowest BCUT2D eigenvalue weighted by molar-refractivity contribution is -0.104. The van der Waals surface area contributed by atoms with E-state index in [1.807, 2.05) is 13.8 Å². The van der Waals surface area contributed by atoms with Crippen molar-refractivity contribution >= 4 is 6.29 Å². The van der Waals surface area contributed by atoms with Gasteiger partial charge in [-0.05, 0) is 13.0 Å². The van der Waals surface area contributed by atoms with E-state index in [1.165, 1.54) is 6.08 Å². The first-order valence-electron chi connectivity index (χ1n) is 3.32. The highest BCUT2D eigenvalue weighted by molar-refractivity contribution is 5.64. The van der Waals surface area contributed by atoms with E-state index in [1.54, 1.807) is 13.0 Å². The van der Waals surface area contributed by atoms with E-state index in [-0.39, 0.29) is 5.41 Å². The van der Waals surface area contributed by atoms with E-state index < -0.39 is 6.10 Å². The van der Waals surface area contributed by atoms with E-state index in [4.69, 9.17) is 5.11 Å². The van der Waals surface area contributed by atoms with Crippen molar-refractivity contribution in [3.8, 4) is 0 Å². The van der Waals surface area contributed by atoms with Crippen LogP contribution >= 0.6 is 0 Å². The van der Waals surface area contributed by atoms with Gasteiger partial charge in [-0.15, -0.1) is 0 Å². The number of aliphatic hydroxyl groups excluding tert-OH is 1. The number of hydrogen-bond donors (Lipinski definition) is 1. The molecule has 2 nitrogen and oxygen atoms in total. The second kappa shape index (κ2) is 3.52. The van der Waals surface area contributed by atoms with Crippen LogP contribution in [0.15, 0.2) is 12.2 Å². The molecular formula is C8H14O2. The Morgan fingerprint density at radius 2 is 2.00 bits per heavy atom. The number of carbonyl (C=O) groups is 1. The molecule has 10 heavy (non-hydrogen) atoms. The quantitative estimate of drug-likeness (QED) is 0.474. The molecule has 0 heterocycles. The molecule has 1 atom stereocenters. The fourth-order valence-corrected chi connectivity index (χ4v) is 0.427. The molecule has 0 aliphatic heterocycles. The van der Waals surface area contributed by atoms with Crippen LogP contribution in [0.1, 0.15) is 20.8 Å². The highest BCUT2D eigenvalue weighted by Crippen LogP contribution is 2.21. The second-order valence-electron chi connectivity index (χ2n) is 2.99. The lowest BCUT2D eigenvalue weighted by atomic mass is 9.87. The van der Waals surface area contributed by atoms with Gasteiger partial charge in [-0.3, -0.25) is 4.79 Å². The van der Waals surface area contributed by atoms with Gasteiger partial charge < -0.3 is 5.11 Å². The minimum atomic E-state index is -0.427. The van der Waals surface area contributed by atoms with Crippen LogP contribution in [-0.4, -0.2) is 17.5 Å². The molecule has 0 aromatic heterocycles. The number of carbonyl (C=O) groups excluding carboxylic acids is 1. The Bertz CT molecular complexity index is 134. The smallest absolute Gasteiger partial charge is 0.142 e. The van der Waals surface area contributed by atoms with Gasteiger partial charge in [0.05, 0.1) is 6.10 Å². The van der Waals surface area contributed by atoms with Crippen molar-refractivity contribution in [3.63, 3.8) is 0 Å². The molecule has 58 valence electrons. The lowest BCUT2D eigenvalue weighted by Crippen LogP contribution is -2.23. The van der Waals surface area contributed by atoms with E-state index in [0.29, 0.717) is 6.29 Å². The average Bonchev–Trinajstić information content (AvgIpc) is 1.84. The predicted octanol–water partition coefficient (Wildman–Crippen LogP) is 1.15. The lowest BCUT2D eigenvalue weighted by Gasteiger charge is -2.23. The molecule has 2 heteroatoms. The van der Waals surface area contributed by atoms with Gasteiger partial charge in [0.25, 0.3) is 0 Å². The summed E-state index contributed by atoms with van der Waals surface area (Å²) in [5.41, 5.74) is -0.305. The van der Waals surface area contributed by atoms with Gasteiger partial charge in [-0.1, -0.05) is 19.9 Å². The molecule has 0 rings (SSSR count). The molecular weight excluding hydrogens is 128 g/mol. The summed E-state index contributed by atoms with van der Waals surface area (Å²) in [6.07, 6.45) is 3.39. The van der Waals surface area contributed by atoms with Gasteiger partial charge in [0.1, 0.15) is 6.29 Å². The van der Waals surface area contributed by atoms with Crippen LogP contribution < -0.4 is 0 Å². The topological polar surface area (TPSA) is 37.3 Å². The normalized spacial score (nSPS) is 15.6. The fourth-order valence-electron chi connectivity index (χ4n) is 0.427. The van der Waals surface area contributed by atoms with Crippen LogP contribution in [0.4, 0.5) is 0 Å². The van der Waals surface area contributed by atoms with Crippen LogP contribution in [0.2, 0.25) is 0 Å². The maximum Gasteiger partial charge on any atom is 0.142 e. The van der Waals surface area contributed by atoms with Gasteiger partial charge in [-0.25, -0.2) is 0 Å². The summed E-state index contributed by atoms with van der Waals surface area (Å²) in [4.78, 5) is 9.91. The van der Waals surface area contributed by atoms with Crippen LogP contribution in [0.25, 0.3) is 0 Å². The molecule has 0 saturated carbocycles. The molecule has 0 bridgehead atoms. The number of aldehydes is 1. The van der Waals surface area contributed by atoms with Crippen LogP contribution in [0.5, 0.6) is 0 Å². The third-order valence-electron chi connectivity index (χ3n) is 1.68. The van der Waals surface area contributed by atoms with Crippen molar-refractivity contribution in [2.75, 3.05) is 0 Å². The van der Waals surface area contributed by atoms with E-state index in [9.17, 15) is 4.79 Å². The summed E-state index contributed by atoms with van der Waals surface area (Å²) in [6, 6.07) is 0. The fraction of sp³-hybridized carbons (Fsp3) is 0.625. The molecule has 0 aliphatic rings. The Morgan fingerprint density at radius 3 is 2.30 bits per heavy atom. The standard InChI is InChI=1S/C8H14O2/c1-7(10)8(2,3)5-4-6-9/h4-7,10H,1-3H3. The third-order valence-corrected chi connectivity index (χ3v) is 1.68. The van der Waals surface area contributed by atoms with Crippen molar-refractivity contribution in [1.29, 1.82) is 0 Å². The first kappa shape index (κ1) is 9.37. The minimum Gasteiger partial charge on any atom is -0.393 e. The van der Waals surface area contributed by atoms with Crippen molar-refractivity contribution in [2.45, 2.75) is 26.9 Å². The van der Waals surface area contributed by atoms with E-state index in [2.05, 4.69) is 0 Å². The maximum absolute atomic E-state index is 9.91. The molecule has 0 aromatic carbocycles. The van der Waals surface area contributed by atoms with Crippen molar-refractivity contribution in [2.24, 2.45) is 5.41 Å². The molecule has 1 unspecified atom stereocenters. The first-order valence-corrected chi connectivity index (χ1v) is 3.32. The van der Waals surface area contributed by atoms with Gasteiger partial charge in [0, 0.05) is 5.41 Å². The molecule has 0 radical (unpaired) electrons. The minimum absolute atomic E-state index is 0.305. The third kappa shape index (κ3) is 2.78. The highest BCUT2D eigenvalue weighted by Gasteiger charge is 2.19. The van der Waals surface area contributed by atoms with Gasteiger partial charge in [-0.2, -0.15) is 0 Å². The predicted molar refractivity (Wildman–Crippen MR) is 40.7 cm³/mol. The Morgan fingerprint density at radius 1 is 1.50 bits per heavy atom. The molecule has 0 aromatic rings. The monoisotopic (exact) mass is 142 g/mol. The zero-order valence-electron chi connectivity index (χ0n) is 6.66. The summed E-state index contributed by atoms with van der Waals surface area (Å²) in [7, 11) is 0. The summed E-state index contributed by atoms with van der Waals surface area (Å²) >= 11 is 0. The number of rotatable bonds is 3. The van der Waals surface area contributed by atoms with E-state index >= 15 is 0 Å². The Labute approximate surface area is 61.6 Å².